The van der Waals surface area contributed by atoms with Gasteiger partial charge in [0, 0.05) is 18.2 Å². The van der Waals surface area contributed by atoms with E-state index in [0.29, 0.717) is 28.9 Å². The molecule has 0 radical (unpaired) electrons. The molecule has 1 aromatic rings. The van der Waals surface area contributed by atoms with E-state index in [1.807, 2.05) is 0 Å². The van der Waals surface area contributed by atoms with E-state index in [4.69, 9.17) is 19.8 Å². The molecule has 7 N–H and O–H groups in total. The summed E-state index contributed by atoms with van der Waals surface area (Å²) in [6.07, 6.45) is 0.891. The summed E-state index contributed by atoms with van der Waals surface area (Å²) in [7, 11) is 0. The van der Waals surface area contributed by atoms with Crippen molar-refractivity contribution in [2.24, 2.45) is 11.8 Å². The molecule has 0 saturated heterocycles. The third-order valence-corrected chi connectivity index (χ3v) is 8.40. The summed E-state index contributed by atoms with van der Waals surface area (Å²) in [5.41, 5.74) is 6.67. The number of allylic oxidation sites excluding steroid dienone is 4. The van der Waals surface area contributed by atoms with Crippen LogP contribution in [0, 0.1) is 11.8 Å². The van der Waals surface area contributed by atoms with Crippen molar-refractivity contribution in [2.45, 2.75) is 74.3 Å². The summed E-state index contributed by atoms with van der Waals surface area (Å²) >= 11 is 1.50. The number of fused-ring (bicyclic) bond motifs is 1. The summed E-state index contributed by atoms with van der Waals surface area (Å²) in [6.45, 7) is 1.42. The van der Waals surface area contributed by atoms with Crippen molar-refractivity contribution in [3.05, 3.63) is 23.8 Å². The molecule has 11 nitrogen and oxygen atoms in total. The zero-order chi connectivity index (χ0) is 27.0. The van der Waals surface area contributed by atoms with Crippen molar-refractivity contribution >= 4 is 29.1 Å². The number of aliphatic hydroxyl groups excluding tert-OH is 4. The summed E-state index contributed by atoms with van der Waals surface area (Å²) in [5.74, 6) is 0.318. The first kappa shape index (κ1) is 27.5. The standard InChI is InChI=1S/C24H34F2N6O5S/c1-2-5-38-24-28-22(27-16-7-13(16)11-3-4-14(25)15(26)6-11)19-23(29-24)32(31-30-19)17-8-18(21(36)20(17)35)37-10-12(34)9-33/h4,6,11-13,16-18,20-21,30-31,33-36H,2-3,5,7-10H2,1H3,(H,27,28,29). The minimum absolute atomic E-state index is 0.0344. The number of ether oxygens (including phenoxy) is 1. The lowest BCUT2D eigenvalue weighted by Gasteiger charge is -2.27. The summed E-state index contributed by atoms with van der Waals surface area (Å²) in [5, 5.41) is 45.6. The van der Waals surface area contributed by atoms with Crippen molar-refractivity contribution in [1.82, 2.24) is 15.5 Å². The molecule has 14 heteroatoms. The quantitative estimate of drug-likeness (QED) is 0.156. The van der Waals surface area contributed by atoms with Gasteiger partial charge in [0.25, 0.3) is 0 Å². The van der Waals surface area contributed by atoms with Crippen LogP contribution >= 0.6 is 11.8 Å². The van der Waals surface area contributed by atoms with Gasteiger partial charge in [0.05, 0.1) is 25.4 Å². The van der Waals surface area contributed by atoms with Gasteiger partial charge in [-0.1, -0.05) is 18.7 Å². The van der Waals surface area contributed by atoms with Gasteiger partial charge in [0.2, 0.25) is 0 Å². The minimum Gasteiger partial charge on any atom is -0.394 e. The van der Waals surface area contributed by atoms with Gasteiger partial charge in [-0.15, -0.1) is 5.53 Å². The maximum Gasteiger partial charge on any atom is 0.191 e. The number of halogens is 2. The summed E-state index contributed by atoms with van der Waals surface area (Å²) in [4.78, 5) is 9.40. The Kier molecular flexibility index (Phi) is 8.38. The smallest absolute Gasteiger partial charge is 0.191 e. The van der Waals surface area contributed by atoms with Crippen molar-refractivity contribution in [3.8, 4) is 0 Å². The lowest BCUT2D eigenvalue weighted by Crippen LogP contribution is -2.49. The maximum atomic E-state index is 13.8. The molecule has 2 saturated carbocycles. The molecular weight excluding hydrogens is 522 g/mol. The average molecular weight is 557 g/mol. The molecule has 8 atom stereocenters. The minimum atomic E-state index is -1.19. The fraction of sp³-hybridized carbons (Fsp3) is 0.667. The Morgan fingerprint density at radius 3 is 2.79 bits per heavy atom. The Balaban J connectivity index is 1.33. The van der Waals surface area contributed by atoms with E-state index in [1.165, 1.54) is 23.9 Å². The van der Waals surface area contributed by atoms with Gasteiger partial charge in [-0.05, 0) is 43.3 Å². The fourth-order valence-electron chi connectivity index (χ4n) is 5.17. The normalized spacial score (nSPS) is 32.9. The van der Waals surface area contributed by atoms with E-state index >= 15 is 0 Å². The fourth-order valence-corrected chi connectivity index (χ4v) is 5.86. The molecule has 38 heavy (non-hydrogen) atoms. The highest BCUT2D eigenvalue weighted by molar-refractivity contribution is 7.99. The third kappa shape index (κ3) is 5.62. The highest BCUT2D eigenvalue weighted by Gasteiger charge is 2.48. The first-order valence-electron chi connectivity index (χ1n) is 12.9. The third-order valence-electron chi connectivity index (χ3n) is 7.35. The molecule has 210 valence electrons. The first-order chi connectivity index (χ1) is 18.3. The Bertz CT molecular complexity index is 1080. The molecule has 2 fully saturated rings. The molecule has 0 bridgehead atoms. The number of thioether (sulfide) groups is 1. The number of hydrogen-bond donors (Lipinski definition) is 7. The predicted octanol–water partition coefficient (Wildman–Crippen LogP) is 1.39. The van der Waals surface area contributed by atoms with Crippen LogP contribution in [-0.2, 0) is 4.74 Å². The predicted molar refractivity (Wildman–Crippen MR) is 138 cm³/mol. The monoisotopic (exact) mass is 556 g/mol. The van der Waals surface area contributed by atoms with E-state index < -0.39 is 48.7 Å². The van der Waals surface area contributed by atoms with Gasteiger partial charge < -0.3 is 30.5 Å². The zero-order valence-electron chi connectivity index (χ0n) is 20.9. The average Bonchev–Trinajstić information content (AvgIpc) is 3.46. The van der Waals surface area contributed by atoms with Gasteiger partial charge in [-0.2, -0.15) is 0 Å². The SMILES string of the molecule is CCCSc1nc(NC2CC2C2C=C(F)C(F)=CC2)c2c(n1)N(C1CC(OCC(O)CO)C(O)C1O)NN2. The van der Waals surface area contributed by atoms with Crippen LogP contribution in [0.25, 0.3) is 0 Å². The Morgan fingerprint density at radius 2 is 2.05 bits per heavy atom. The van der Waals surface area contributed by atoms with E-state index in [2.05, 4.69) is 23.2 Å². The number of anilines is 3. The second kappa shape index (κ2) is 11.6. The van der Waals surface area contributed by atoms with Crippen molar-refractivity contribution in [2.75, 3.05) is 34.7 Å². The van der Waals surface area contributed by atoms with Gasteiger partial charge in [-0.3, -0.25) is 10.4 Å². The van der Waals surface area contributed by atoms with E-state index in [-0.39, 0.29) is 30.9 Å². The largest absolute Gasteiger partial charge is 0.394 e. The van der Waals surface area contributed by atoms with Crippen LogP contribution in [0.5, 0.6) is 0 Å². The molecule has 8 unspecified atom stereocenters. The lowest BCUT2D eigenvalue weighted by atomic mass is 9.94. The molecule has 1 aliphatic heterocycles. The molecule has 0 amide bonds. The molecular formula is C24H34F2N6O5S. The van der Waals surface area contributed by atoms with Crippen molar-refractivity contribution in [3.63, 3.8) is 0 Å². The number of hydrazine groups is 2. The van der Waals surface area contributed by atoms with Gasteiger partial charge in [0.15, 0.2) is 28.4 Å². The number of aliphatic hydroxyl groups is 4. The Labute approximate surface area is 223 Å². The van der Waals surface area contributed by atoms with E-state index in [1.54, 1.807) is 5.01 Å². The van der Waals surface area contributed by atoms with Crippen LogP contribution in [0.1, 0.15) is 32.6 Å². The number of rotatable bonds is 11. The molecule has 5 rings (SSSR count). The number of nitrogens with zero attached hydrogens (tertiary/aromatic N) is 3. The number of nitrogens with one attached hydrogen (secondary N) is 3. The topological polar surface area (TPSA) is 155 Å². The molecule has 4 aliphatic rings. The van der Waals surface area contributed by atoms with Gasteiger partial charge in [0.1, 0.15) is 24.0 Å². The highest BCUT2D eigenvalue weighted by Crippen LogP contribution is 2.47. The van der Waals surface area contributed by atoms with Crippen LogP contribution < -0.4 is 21.3 Å². The van der Waals surface area contributed by atoms with Crippen LogP contribution in [0.4, 0.5) is 26.1 Å². The van der Waals surface area contributed by atoms with E-state index in [9.17, 15) is 24.1 Å². The molecule has 1 aromatic heterocycles. The van der Waals surface area contributed by atoms with Crippen LogP contribution in [0.15, 0.2) is 29.0 Å². The first-order valence-corrected chi connectivity index (χ1v) is 13.9. The Morgan fingerprint density at radius 1 is 1.24 bits per heavy atom. The van der Waals surface area contributed by atoms with Crippen LogP contribution in [0.2, 0.25) is 0 Å². The van der Waals surface area contributed by atoms with Gasteiger partial charge in [-0.25, -0.2) is 18.7 Å². The number of aromatic nitrogens is 2. The van der Waals surface area contributed by atoms with Crippen molar-refractivity contribution < 1.29 is 33.9 Å². The Hall–Kier alpha value is -2.07. The highest BCUT2D eigenvalue weighted by atomic mass is 32.2. The van der Waals surface area contributed by atoms with Crippen LogP contribution in [0.3, 0.4) is 0 Å². The second-order valence-corrected chi connectivity index (χ2v) is 11.2. The van der Waals surface area contributed by atoms with Crippen molar-refractivity contribution in [1.29, 1.82) is 0 Å². The number of hydrogen-bond acceptors (Lipinski definition) is 12. The zero-order valence-corrected chi connectivity index (χ0v) is 21.7. The molecule has 0 spiro atoms. The van der Waals surface area contributed by atoms with Gasteiger partial charge >= 0.3 is 0 Å². The maximum absolute atomic E-state index is 13.8. The molecule has 3 aliphatic carbocycles. The molecule has 0 aromatic carbocycles. The van der Waals surface area contributed by atoms with Crippen LogP contribution in [-0.4, -0.2) is 85.9 Å². The second-order valence-electron chi connectivity index (χ2n) is 10.1. The molecule has 2 heterocycles. The lowest BCUT2D eigenvalue weighted by molar-refractivity contribution is -0.0822. The summed E-state index contributed by atoms with van der Waals surface area (Å²) in [6, 6.07) is -0.570. The van der Waals surface area contributed by atoms with E-state index in [0.717, 1.165) is 18.6 Å². The summed E-state index contributed by atoms with van der Waals surface area (Å²) < 4.78 is 32.8.